The molecule has 0 atom stereocenters. The van der Waals surface area contributed by atoms with Gasteiger partial charge in [-0.1, -0.05) is 104 Å². The molecule has 3 N–H and O–H groups in total. The first-order valence-electron chi connectivity index (χ1n) is 10.8. The number of hydrogen-bond acceptors (Lipinski definition) is 4. The molecule has 0 rings (SSSR count). The van der Waals surface area contributed by atoms with Gasteiger partial charge in [0.2, 0.25) is 0 Å². The van der Waals surface area contributed by atoms with Crippen molar-refractivity contribution in [1.82, 2.24) is 0 Å². The minimum Gasteiger partial charge on any atom is -0.330 e. The Bertz CT molecular complexity index is 338. The van der Waals surface area contributed by atoms with Crippen LogP contribution in [-0.2, 0) is 14.6 Å². The second-order valence-corrected chi connectivity index (χ2v) is 8.08. The summed E-state index contributed by atoms with van der Waals surface area (Å²) in [6.45, 7) is 5.37. The molecular formula is C20H45NO4S. The van der Waals surface area contributed by atoms with E-state index in [1.165, 1.54) is 83.5 Å². The monoisotopic (exact) mass is 395 g/mol. The summed E-state index contributed by atoms with van der Waals surface area (Å²) >= 11 is 0. The Morgan fingerprint density at radius 2 is 1.00 bits per heavy atom. The van der Waals surface area contributed by atoms with Gasteiger partial charge in [0.15, 0.2) is 0 Å². The van der Waals surface area contributed by atoms with Gasteiger partial charge < -0.3 is 5.73 Å². The zero-order valence-corrected chi connectivity index (χ0v) is 18.2. The number of hydrogen-bond donors (Lipinski definition) is 2. The Labute approximate surface area is 163 Å². The topological polar surface area (TPSA) is 89.6 Å². The molecule has 0 saturated heterocycles. The van der Waals surface area contributed by atoms with E-state index in [-0.39, 0.29) is 6.61 Å². The van der Waals surface area contributed by atoms with E-state index >= 15 is 0 Å². The molecule has 0 aliphatic rings. The molecule has 0 aromatic rings. The molecule has 0 spiro atoms. The Hall–Kier alpha value is -0.170. The van der Waals surface area contributed by atoms with Crippen molar-refractivity contribution in [2.45, 2.75) is 117 Å². The minimum absolute atomic E-state index is 0.0883. The predicted molar refractivity (Wildman–Crippen MR) is 112 cm³/mol. The van der Waals surface area contributed by atoms with Crippen LogP contribution >= 0.6 is 0 Å². The maximum absolute atomic E-state index is 10.1. The van der Waals surface area contributed by atoms with Crippen LogP contribution in [0.5, 0.6) is 0 Å². The molecule has 26 heavy (non-hydrogen) atoms. The van der Waals surface area contributed by atoms with Crippen molar-refractivity contribution < 1.29 is 17.2 Å². The van der Waals surface area contributed by atoms with E-state index < -0.39 is 10.4 Å². The average Bonchev–Trinajstić information content (AvgIpc) is 2.59. The van der Waals surface area contributed by atoms with Crippen molar-refractivity contribution >= 4 is 10.4 Å². The summed E-state index contributed by atoms with van der Waals surface area (Å²) in [5, 5.41) is 0. The first kappa shape index (κ1) is 28.0. The second-order valence-electron chi connectivity index (χ2n) is 6.99. The second kappa shape index (κ2) is 22.9. The van der Waals surface area contributed by atoms with E-state index in [9.17, 15) is 8.42 Å². The zero-order valence-electron chi connectivity index (χ0n) is 17.4. The quantitative estimate of drug-likeness (QED) is 0.218. The number of rotatable bonds is 18. The SMILES string of the molecule is CCCCCCCCCCCCN.CCCCCCCCOS(=O)(=O)O. The van der Waals surface area contributed by atoms with Crippen LogP contribution in [0, 0.1) is 0 Å². The molecule has 6 heteroatoms. The van der Waals surface area contributed by atoms with Crippen LogP contribution in [0.15, 0.2) is 0 Å². The maximum Gasteiger partial charge on any atom is 0.397 e. The normalized spacial score (nSPS) is 11.2. The highest BCUT2D eigenvalue weighted by Gasteiger charge is 2.02. The molecule has 5 nitrogen and oxygen atoms in total. The van der Waals surface area contributed by atoms with Crippen LogP contribution in [0.2, 0.25) is 0 Å². The lowest BCUT2D eigenvalue weighted by atomic mass is 10.1. The van der Waals surface area contributed by atoms with Gasteiger partial charge in [-0.05, 0) is 19.4 Å². The van der Waals surface area contributed by atoms with E-state index in [0.717, 1.165) is 19.4 Å². The first-order chi connectivity index (χ1) is 12.5. The lowest BCUT2D eigenvalue weighted by molar-refractivity contribution is 0.261. The van der Waals surface area contributed by atoms with Gasteiger partial charge in [-0.15, -0.1) is 0 Å². The highest BCUT2D eigenvalue weighted by molar-refractivity contribution is 7.80. The third-order valence-electron chi connectivity index (χ3n) is 4.29. The molecule has 0 aromatic heterocycles. The molecule has 0 fully saturated rings. The largest absolute Gasteiger partial charge is 0.397 e. The fourth-order valence-electron chi connectivity index (χ4n) is 2.68. The van der Waals surface area contributed by atoms with Crippen molar-refractivity contribution in [3.8, 4) is 0 Å². The molecule has 0 unspecified atom stereocenters. The molecule has 0 heterocycles. The summed E-state index contributed by atoms with van der Waals surface area (Å²) in [6, 6.07) is 0. The van der Waals surface area contributed by atoms with Crippen LogP contribution < -0.4 is 5.73 Å². The standard InChI is InChI=1S/C12H27N.C8H18O4S/c1-2-3-4-5-6-7-8-9-10-11-12-13;1-2-3-4-5-6-7-8-12-13(9,10)11/h2-13H2,1H3;2-8H2,1H3,(H,9,10,11). The molecule has 160 valence electrons. The van der Waals surface area contributed by atoms with Crippen LogP contribution in [0.4, 0.5) is 0 Å². The summed E-state index contributed by atoms with van der Waals surface area (Å²) in [6.07, 6.45) is 20.3. The van der Waals surface area contributed by atoms with E-state index in [2.05, 4.69) is 18.0 Å². The summed E-state index contributed by atoms with van der Waals surface area (Å²) < 4.78 is 32.6. The van der Waals surface area contributed by atoms with Crippen molar-refractivity contribution in [2.24, 2.45) is 5.73 Å². The smallest absolute Gasteiger partial charge is 0.330 e. The highest BCUT2D eigenvalue weighted by Crippen LogP contribution is 2.10. The molecule has 0 saturated carbocycles. The minimum atomic E-state index is -4.22. The van der Waals surface area contributed by atoms with Gasteiger partial charge in [0.05, 0.1) is 6.61 Å². The molecule has 0 aliphatic heterocycles. The average molecular weight is 396 g/mol. The molecule has 0 aliphatic carbocycles. The lowest BCUT2D eigenvalue weighted by Crippen LogP contribution is -2.04. The van der Waals surface area contributed by atoms with Gasteiger partial charge in [0, 0.05) is 0 Å². The lowest BCUT2D eigenvalue weighted by Gasteiger charge is -2.00. The molecule has 0 radical (unpaired) electrons. The Kier molecular flexibility index (Phi) is 24.7. The van der Waals surface area contributed by atoms with Gasteiger partial charge in [-0.2, -0.15) is 8.42 Å². The van der Waals surface area contributed by atoms with E-state index in [4.69, 9.17) is 10.3 Å². The van der Waals surface area contributed by atoms with Crippen LogP contribution in [0.1, 0.15) is 117 Å². The van der Waals surface area contributed by atoms with Gasteiger partial charge >= 0.3 is 10.4 Å². The Morgan fingerprint density at radius 3 is 1.35 bits per heavy atom. The summed E-state index contributed by atoms with van der Waals surface area (Å²) in [5.41, 5.74) is 5.42. The summed E-state index contributed by atoms with van der Waals surface area (Å²) in [5.74, 6) is 0. The molecule has 0 bridgehead atoms. The summed E-state index contributed by atoms with van der Waals surface area (Å²) in [4.78, 5) is 0. The van der Waals surface area contributed by atoms with Gasteiger partial charge in [-0.25, -0.2) is 4.18 Å². The van der Waals surface area contributed by atoms with Crippen molar-refractivity contribution in [2.75, 3.05) is 13.2 Å². The van der Waals surface area contributed by atoms with Crippen LogP contribution in [0.3, 0.4) is 0 Å². The molecular weight excluding hydrogens is 350 g/mol. The fraction of sp³-hybridized carbons (Fsp3) is 1.00. The zero-order chi connectivity index (χ0) is 19.9. The first-order valence-corrected chi connectivity index (χ1v) is 12.2. The van der Waals surface area contributed by atoms with E-state index in [0.29, 0.717) is 6.42 Å². The number of nitrogens with two attached hydrogens (primary N) is 1. The third-order valence-corrected chi connectivity index (χ3v) is 4.75. The van der Waals surface area contributed by atoms with Crippen LogP contribution in [0.25, 0.3) is 0 Å². The Balaban J connectivity index is 0. The van der Waals surface area contributed by atoms with Crippen molar-refractivity contribution in [1.29, 1.82) is 0 Å². The van der Waals surface area contributed by atoms with Crippen molar-refractivity contribution in [3.05, 3.63) is 0 Å². The van der Waals surface area contributed by atoms with Gasteiger partial charge in [0.1, 0.15) is 0 Å². The van der Waals surface area contributed by atoms with E-state index in [1.54, 1.807) is 0 Å². The van der Waals surface area contributed by atoms with Gasteiger partial charge in [-0.3, -0.25) is 4.55 Å². The third kappa shape index (κ3) is 31.6. The fourth-order valence-corrected chi connectivity index (χ4v) is 3.01. The van der Waals surface area contributed by atoms with E-state index in [1.807, 2.05) is 0 Å². The predicted octanol–water partition coefficient (Wildman–Crippen LogP) is 6.03. The summed E-state index contributed by atoms with van der Waals surface area (Å²) in [7, 11) is -4.22. The molecule has 0 amide bonds. The number of unbranched alkanes of at least 4 members (excludes halogenated alkanes) is 14. The van der Waals surface area contributed by atoms with Crippen molar-refractivity contribution in [3.63, 3.8) is 0 Å². The maximum atomic E-state index is 10.1. The molecule has 0 aromatic carbocycles. The Morgan fingerprint density at radius 1 is 0.654 bits per heavy atom. The van der Waals surface area contributed by atoms with Gasteiger partial charge in [0.25, 0.3) is 0 Å². The van der Waals surface area contributed by atoms with Crippen LogP contribution in [-0.4, -0.2) is 26.1 Å². The highest BCUT2D eigenvalue weighted by atomic mass is 32.3.